The first-order chi connectivity index (χ1) is 20.0. The number of ether oxygens (including phenoxy) is 2. The number of aromatic hydroxyl groups is 1. The van der Waals surface area contributed by atoms with Crippen LogP contribution < -0.4 is 16.4 Å². The number of hydrogen-bond acceptors (Lipinski definition) is 8. The molecule has 3 unspecified atom stereocenters. The maximum absolute atomic E-state index is 14.4. The molecule has 0 heterocycles. The lowest BCUT2D eigenvalue weighted by molar-refractivity contribution is -0.146. The van der Waals surface area contributed by atoms with E-state index >= 15 is 0 Å². The van der Waals surface area contributed by atoms with Crippen molar-refractivity contribution in [3.63, 3.8) is 0 Å². The number of benzene rings is 1. The highest BCUT2D eigenvalue weighted by atomic mass is 16.6. The van der Waals surface area contributed by atoms with Crippen LogP contribution in [0, 0.1) is 12.8 Å². The molecule has 12 heteroatoms. The first-order valence-electron chi connectivity index (χ1n) is 14.8. The third-order valence-corrected chi connectivity index (χ3v) is 6.56. The van der Waals surface area contributed by atoms with Gasteiger partial charge in [-0.3, -0.25) is 19.2 Å². The maximum Gasteiger partial charge on any atom is 0.408 e. The van der Waals surface area contributed by atoms with Gasteiger partial charge in [-0.2, -0.15) is 0 Å². The zero-order valence-corrected chi connectivity index (χ0v) is 26.8. The summed E-state index contributed by atoms with van der Waals surface area (Å²) < 4.78 is 10.3. The molecule has 12 nitrogen and oxygen atoms in total. The molecule has 0 spiro atoms. The second-order valence-electron chi connectivity index (χ2n) is 12.1. The predicted molar refractivity (Wildman–Crippen MR) is 162 cm³/mol. The number of nitrogens with two attached hydrogens (primary N) is 1. The van der Waals surface area contributed by atoms with E-state index in [4.69, 9.17) is 15.2 Å². The molecule has 5 N–H and O–H groups in total. The van der Waals surface area contributed by atoms with Crippen LogP contribution in [0.4, 0.5) is 4.79 Å². The molecule has 1 aromatic rings. The second-order valence-corrected chi connectivity index (χ2v) is 12.1. The number of phenolic OH excluding ortho intramolecular Hbond substituents is 1. The third kappa shape index (κ3) is 13.3. The van der Waals surface area contributed by atoms with Gasteiger partial charge in [-0.15, -0.1) is 0 Å². The van der Waals surface area contributed by atoms with E-state index in [0.717, 1.165) is 6.42 Å². The maximum atomic E-state index is 14.4. The number of alkyl carbamates (subject to hydrolysis) is 1. The van der Waals surface area contributed by atoms with Crippen molar-refractivity contribution < 1.29 is 38.6 Å². The fourth-order valence-electron chi connectivity index (χ4n) is 4.39. The van der Waals surface area contributed by atoms with Gasteiger partial charge < -0.3 is 35.8 Å². The van der Waals surface area contributed by atoms with Crippen LogP contribution in [-0.2, 0) is 28.7 Å². The SMILES string of the molecule is CCOC(=O)CCNC(=O)C(c1ccc(O)c(C)c1)N(C(=O)C(CCC(N)=O)NC(=O)OC(C)(C)C)C(C)CCC(C)C. The number of primary amides is 1. The average molecular weight is 607 g/mol. The van der Waals surface area contributed by atoms with Crippen molar-refractivity contribution in [3.05, 3.63) is 29.3 Å². The minimum Gasteiger partial charge on any atom is -0.508 e. The Bertz CT molecular complexity index is 1120. The molecule has 0 radical (unpaired) electrons. The lowest BCUT2D eigenvalue weighted by atomic mass is 9.95. The molecule has 4 amide bonds. The third-order valence-electron chi connectivity index (χ3n) is 6.56. The molecule has 0 aliphatic carbocycles. The zero-order chi connectivity index (χ0) is 32.9. The number of carbonyl (C=O) groups is 5. The number of nitrogens with zero attached hydrogens (tertiary/aromatic N) is 1. The Morgan fingerprint density at radius 2 is 1.67 bits per heavy atom. The monoisotopic (exact) mass is 606 g/mol. The van der Waals surface area contributed by atoms with E-state index < -0.39 is 53.5 Å². The molecule has 242 valence electrons. The summed E-state index contributed by atoms with van der Waals surface area (Å²) in [5, 5.41) is 15.5. The molecule has 43 heavy (non-hydrogen) atoms. The van der Waals surface area contributed by atoms with Gasteiger partial charge in [-0.25, -0.2) is 4.79 Å². The number of nitrogens with one attached hydrogen (secondary N) is 2. The Kier molecular flexibility index (Phi) is 15.0. The summed E-state index contributed by atoms with van der Waals surface area (Å²) in [4.78, 5) is 66.0. The van der Waals surface area contributed by atoms with Gasteiger partial charge in [0.2, 0.25) is 17.7 Å². The summed E-state index contributed by atoms with van der Waals surface area (Å²) in [6.07, 6.45) is 0.0200. The highest BCUT2D eigenvalue weighted by molar-refractivity contribution is 5.93. The lowest BCUT2D eigenvalue weighted by Crippen LogP contribution is -2.55. The molecule has 0 fully saturated rings. The van der Waals surface area contributed by atoms with Crippen molar-refractivity contribution >= 4 is 29.8 Å². The van der Waals surface area contributed by atoms with E-state index in [-0.39, 0.29) is 38.2 Å². The van der Waals surface area contributed by atoms with Crippen LogP contribution in [0.5, 0.6) is 5.75 Å². The number of amides is 4. The highest BCUT2D eigenvalue weighted by Crippen LogP contribution is 2.30. The second kappa shape index (κ2) is 17.3. The molecule has 0 aliphatic heterocycles. The average Bonchev–Trinajstić information content (AvgIpc) is 2.88. The Balaban J connectivity index is 3.65. The van der Waals surface area contributed by atoms with Crippen molar-refractivity contribution in [1.29, 1.82) is 0 Å². The van der Waals surface area contributed by atoms with Crippen LogP contribution in [0.3, 0.4) is 0 Å². The summed E-state index contributed by atoms with van der Waals surface area (Å²) >= 11 is 0. The normalized spacial score (nSPS) is 13.4. The molecular weight excluding hydrogens is 556 g/mol. The van der Waals surface area contributed by atoms with Crippen LogP contribution >= 0.6 is 0 Å². The van der Waals surface area contributed by atoms with Crippen LogP contribution in [0.1, 0.15) is 97.7 Å². The first kappa shape index (κ1) is 37.2. The smallest absolute Gasteiger partial charge is 0.408 e. The molecule has 0 saturated heterocycles. The summed E-state index contributed by atoms with van der Waals surface area (Å²) in [6, 6.07) is 1.66. The predicted octanol–water partition coefficient (Wildman–Crippen LogP) is 3.62. The molecular formula is C31H50N4O8. The van der Waals surface area contributed by atoms with Crippen molar-refractivity contribution in [1.82, 2.24) is 15.5 Å². The largest absolute Gasteiger partial charge is 0.508 e. The number of esters is 1. The van der Waals surface area contributed by atoms with E-state index in [9.17, 15) is 29.1 Å². The molecule has 3 atom stereocenters. The van der Waals surface area contributed by atoms with E-state index in [2.05, 4.69) is 10.6 Å². The standard InChI is InChI=1S/C31H50N4O8/c1-9-42-26(38)16-17-33-28(39)27(22-12-14-24(36)20(4)18-22)35(21(5)11-10-19(2)3)29(40)23(13-15-25(32)37)34-30(41)43-31(6,7)8/h12,14,18-19,21,23,27,36H,9-11,13,15-17H2,1-8H3,(H2,32,37)(H,33,39)(H,34,41). The summed E-state index contributed by atoms with van der Waals surface area (Å²) in [5.74, 6) is -2.00. The summed E-state index contributed by atoms with van der Waals surface area (Å²) in [7, 11) is 0. The van der Waals surface area contributed by atoms with E-state index in [1.54, 1.807) is 46.8 Å². The molecule has 0 saturated carbocycles. The minimum atomic E-state index is -1.24. The fourth-order valence-corrected chi connectivity index (χ4v) is 4.39. The summed E-state index contributed by atoms with van der Waals surface area (Å²) in [5.41, 5.74) is 5.44. The number of phenols is 1. The van der Waals surface area contributed by atoms with Gasteiger partial charge in [0.15, 0.2) is 0 Å². The van der Waals surface area contributed by atoms with Gasteiger partial charge >= 0.3 is 12.1 Å². The highest BCUT2D eigenvalue weighted by Gasteiger charge is 2.39. The van der Waals surface area contributed by atoms with Gasteiger partial charge in [0.25, 0.3) is 0 Å². The van der Waals surface area contributed by atoms with Crippen LogP contribution in [0.25, 0.3) is 0 Å². The molecule has 0 bridgehead atoms. The van der Waals surface area contributed by atoms with Gasteiger partial charge in [-0.1, -0.05) is 19.9 Å². The van der Waals surface area contributed by atoms with E-state index in [1.165, 1.54) is 11.0 Å². The quantitative estimate of drug-likeness (QED) is 0.206. The van der Waals surface area contributed by atoms with Crippen LogP contribution in [-0.4, -0.2) is 70.6 Å². The van der Waals surface area contributed by atoms with Crippen LogP contribution in [0.15, 0.2) is 18.2 Å². The Hall–Kier alpha value is -3.83. The first-order valence-corrected chi connectivity index (χ1v) is 14.8. The fraction of sp³-hybridized carbons (Fsp3) is 0.645. The Morgan fingerprint density at radius 1 is 1.02 bits per heavy atom. The molecule has 0 aromatic heterocycles. The number of carbonyl (C=O) groups excluding carboxylic acids is 5. The minimum absolute atomic E-state index is 0.0156. The topological polar surface area (TPSA) is 177 Å². The molecule has 1 aromatic carbocycles. The molecule has 0 aliphatic rings. The van der Waals surface area contributed by atoms with E-state index in [1.807, 2.05) is 20.8 Å². The zero-order valence-electron chi connectivity index (χ0n) is 26.8. The van der Waals surface area contributed by atoms with Crippen molar-refractivity contribution in [2.24, 2.45) is 11.7 Å². The van der Waals surface area contributed by atoms with Gasteiger partial charge in [0.05, 0.1) is 13.0 Å². The van der Waals surface area contributed by atoms with Gasteiger partial charge in [-0.05, 0) is 90.0 Å². The summed E-state index contributed by atoms with van der Waals surface area (Å²) in [6.45, 7) is 14.5. The molecule has 1 rings (SSSR count). The van der Waals surface area contributed by atoms with Crippen molar-refractivity contribution in [2.75, 3.05) is 13.2 Å². The van der Waals surface area contributed by atoms with Gasteiger partial charge in [0.1, 0.15) is 23.4 Å². The Morgan fingerprint density at radius 3 is 2.21 bits per heavy atom. The van der Waals surface area contributed by atoms with Crippen LogP contribution in [0.2, 0.25) is 0 Å². The van der Waals surface area contributed by atoms with Crippen molar-refractivity contribution in [2.45, 2.75) is 111 Å². The van der Waals surface area contributed by atoms with Gasteiger partial charge in [0, 0.05) is 19.0 Å². The van der Waals surface area contributed by atoms with E-state index in [0.29, 0.717) is 23.5 Å². The number of hydrogen-bond donors (Lipinski definition) is 4. The van der Waals surface area contributed by atoms with Crippen molar-refractivity contribution in [3.8, 4) is 5.75 Å². The number of rotatable bonds is 16. The Labute approximate surface area is 255 Å². The number of aryl methyl sites for hydroxylation is 1. The lowest BCUT2D eigenvalue weighted by Gasteiger charge is -2.39.